The Morgan fingerprint density at radius 3 is 2.80 bits per heavy atom. The maximum absolute atomic E-state index is 10.1. The summed E-state index contributed by atoms with van der Waals surface area (Å²) in [6, 6.07) is 0.185. The van der Waals surface area contributed by atoms with Crippen LogP contribution in [0.1, 0.15) is 20.3 Å². The fourth-order valence-electron chi connectivity index (χ4n) is 1.25. The van der Waals surface area contributed by atoms with Crippen LogP contribution in [0.15, 0.2) is 0 Å². The molecule has 1 unspecified atom stereocenters. The number of rotatable bonds is 2. The second kappa shape index (κ2) is 2.58. The first-order valence-corrected chi connectivity index (χ1v) is 3.50. The molecule has 0 aromatic carbocycles. The van der Waals surface area contributed by atoms with E-state index in [2.05, 4.69) is 5.32 Å². The van der Waals surface area contributed by atoms with Crippen LogP contribution >= 0.6 is 0 Å². The average molecular weight is 143 g/mol. The van der Waals surface area contributed by atoms with Gasteiger partial charge in [0.15, 0.2) is 0 Å². The second-order valence-corrected chi connectivity index (χ2v) is 3.08. The van der Waals surface area contributed by atoms with E-state index in [0.29, 0.717) is 0 Å². The molecule has 0 aliphatic carbocycles. The molecular formula is C7H13NO2. The lowest BCUT2D eigenvalue weighted by Gasteiger charge is -2.24. The molecule has 0 spiro atoms. The Balaban J connectivity index is 2.50. The maximum atomic E-state index is 10.1. The monoisotopic (exact) mass is 143 g/mol. The lowest BCUT2D eigenvalue weighted by atomic mass is 10.00. The summed E-state index contributed by atoms with van der Waals surface area (Å²) < 4.78 is 5.38. The van der Waals surface area contributed by atoms with Gasteiger partial charge in [0.2, 0.25) is 6.41 Å². The van der Waals surface area contributed by atoms with E-state index in [4.69, 9.17) is 4.74 Å². The van der Waals surface area contributed by atoms with Crippen LogP contribution in [0.5, 0.6) is 0 Å². The highest BCUT2D eigenvalue weighted by Crippen LogP contribution is 2.24. The van der Waals surface area contributed by atoms with Crippen LogP contribution in [0.25, 0.3) is 0 Å². The Morgan fingerprint density at radius 1 is 1.70 bits per heavy atom. The first-order valence-electron chi connectivity index (χ1n) is 3.50. The number of carbonyl (C=O) groups excluding carboxylic acids is 1. The van der Waals surface area contributed by atoms with Crippen molar-refractivity contribution in [1.29, 1.82) is 0 Å². The van der Waals surface area contributed by atoms with E-state index >= 15 is 0 Å². The molecule has 1 N–H and O–H groups in total. The quantitative estimate of drug-likeness (QED) is 0.564. The molecule has 1 saturated heterocycles. The summed E-state index contributed by atoms with van der Waals surface area (Å²) in [5.74, 6) is 0. The van der Waals surface area contributed by atoms with Crippen molar-refractivity contribution in [3.63, 3.8) is 0 Å². The standard InChI is InChI=1S/C7H13NO2/c1-7(2)6(8-5-9)3-4-10-7/h5-6H,3-4H2,1-2H3,(H,8,9). The van der Waals surface area contributed by atoms with E-state index < -0.39 is 0 Å². The second-order valence-electron chi connectivity index (χ2n) is 3.08. The van der Waals surface area contributed by atoms with Crippen molar-refractivity contribution in [2.45, 2.75) is 31.9 Å². The number of nitrogens with one attached hydrogen (secondary N) is 1. The summed E-state index contributed by atoms with van der Waals surface area (Å²) in [5.41, 5.74) is -0.180. The summed E-state index contributed by atoms with van der Waals surface area (Å²) in [6.07, 6.45) is 1.66. The molecule has 3 heteroatoms. The highest BCUT2D eigenvalue weighted by molar-refractivity contribution is 5.47. The molecule has 58 valence electrons. The Kier molecular flexibility index (Phi) is 1.94. The lowest BCUT2D eigenvalue weighted by Crippen LogP contribution is -2.42. The normalized spacial score (nSPS) is 30.0. The fraction of sp³-hybridized carbons (Fsp3) is 0.857. The predicted octanol–water partition coefficient (Wildman–Crippen LogP) is 0.300. The van der Waals surface area contributed by atoms with Crippen molar-refractivity contribution in [2.75, 3.05) is 6.61 Å². The molecule has 1 amide bonds. The van der Waals surface area contributed by atoms with Gasteiger partial charge in [-0.1, -0.05) is 0 Å². The summed E-state index contributed by atoms with van der Waals surface area (Å²) in [5, 5.41) is 2.73. The minimum atomic E-state index is -0.180. The zero-order chi connectivity index (χ0) is 7.61. The Morgan fingerprint density at radius 2 is 2.40 bits per heavy atom. The average Bonchev–Trinajstić information content (AvgIpc) is 2.13. The smallest absolute Gasteiger partial charge is 0.207 e. The Hall–Kier alpha value is -0.570. The zero-order valence-corrected chi connectivity index (χ0v) is 6.39. The van der Waals surface area contributed by atoms with Crippen molar-refractivity contribution >= 4 is 6.41 Å². The molecule has 1 aliphatic heterocycles. The van der Waals surface area contributed by atoms with Crippen molar-refractivity contribution in [1.82, 2.24) is 5.32 Å². The van der Waals surface area contributed by atoms with Gasteiger partial charge in [0.05, 0.1) is 11.6 Å². The molecule has 10 heavy (non-hydrogen) atoms. The molecule has 1 aliphatic rings. The predicted molar refractivity (Wildman–Crippen MR) is 37.6 cm³/mol. The zero-order valence-electron chi connectivity index (χ0n) is 6.39. The molecule has 0 aromatic rings. The van der Waals surface area contributed by atoms with E-state index in [0.717, 1.165) is 19.4 Å². The van der Waals surface area contributed by atoms with E-state index in [1.807, 2.05) is 13.8 Å². The highest BCUT2D eigenvalue weighted by Gasteiger charge is 2.35. The van der Waals surface area contributed by atoms with Crippen LogP contribution in [0.4, 0.5) is 0 Å². The minimum Gasteiger partial charge on any atom is -0.373 e. The molecule has 0 aromatic heterocycles. The van der Waals surface area contributed by atoms with Crippen molar-refractivity contribution in [2.24, 2.45) is 0 Å². The fourth-order valence-corrected chi connectivity index (χ4v) is 1.25. The topological polar surface area (TPSA) is 38.3 Å². The molecule has 0 saturated carbocycles. The Labute approximate surface area is 60.7 Å². The van der Waals surface area contributed by atoms with Crippen LogP contribution < -0.4 is 5.32 Å². The molecular weight excluding hydrogens is 130 g/mol. The van der Waals surface area contributed by atoms with E-state index in [-0.39, 0.29) is 11.6 Å². The highest BCUT2D eigenvalue weighted by atomic mass is 16.5. The third-order valence-electron chi connectivity index (χ3n) is 1.99. The summed E-state index contributed by atoms with van der Waals surface area (Å²) in [7, 11) is 0. The van der Waals surface area contributed by atoms with Crippen LogP contribution in [-0.2, 0) is 9.53 Å². The molecule has 0 bridgehead atoms. The van der Waals surface area contributed by atoms with Gasteiger partial charge in [-0.05, 0) is 20.3 Å². The summed E-state index contributed by atoms with van der Waals surface area (Å²) in [6.45, 7) is 4.72. The number of hydrogen-bond acceptors (Lipinski definition) is 2. The molecule has 1 rings (SSSR count). The molecule has 1 fully saturated rings. The minimum absolute atomic E-state index is 0.180. The molecule has 0 radical (unpaired) electrons. The first kappa shape index (κ1) is 7.54. The number of ether oxygens (including phenoxy) is 1. The summed E-state index contributed by atoms with van der Waals surface area (Å²) >= 11 is 0. The molecule has 3 nitrogen and oxygen atoms in total. The van der Waals surface area contributed by atoms with E-state index in [1.165, 1.54) is 0 Å². The van der Waals surface area contributed by atoms with Gasteiger partial charge in [-0.15, -0.1) is 0 Å². The van der Waals surface area contributed by atoms with Crippen molar-refractivity contribution in [3.05, 3.63) is 0 Å². The number of amides is 1. The van der Waals surface area contributed by atoms with Crippen LogP contribution in [0, 0.1) is 0 Å². The summed E-state index contributed by atoms with van der Waals surface area (Å²) in [4.78, 5) is 10.1. The number of carbonyl (C=O) groups is 1. The van der Waals surface area contributed by atoms with Crippen LogP contribution in [0.2, 0.25) is 0 Å². The molecule has 1 atom stereocenters. The third-order valence-corrected chi connectivity index (χ3v) is 1.99. The van der Waals surface area contributed by atoms with E-state index in [9.17, 15) is 4.79 Å². The van der Waals surface area contributed by atoms with Gasteiger partial charge in [0.25, 0.3) is 0 Å². The van der Waals surface area contributed by atoms with Gasteiger partial charge in [0, 0.05) is 6.61 Å². The maximum Gasteiger partial charge on any atom is 0.207 e. The first-order chi connectivity index (χ1) is 4.67. The largest absolute Gasteiger partial charge is 0.373 e. The van der Waals surface area contributed by atoms with Gasteiger partial charge < -0.3 is 10.1 Å². The lowest BCUT2D eigenvalue weighted by molar-refractivity contribution is -0.111. The van der Waals surface area contributed by atoms with E-state index in [1.54, 1.807) is 0 Å². The van der Waals surface area contributed by atoms with Crippen molar-refractivity contribution < 1.29 is 9.53 Å². The van der Waals surface area contributed by atoms with Crippen LogP contribution in [-0.4, -0.2) is 24.7 Å². The van der Waals surface area contributed by atoms with Gasteiger partial charge >= 0.3 is 0 Å². The van der Waals surface area contributed by atoms with Crippen LogP contribution in [0.3, 0.4) is 0 Å². The Bertz CT molecular complexity index is 134. The SMILES string of the molecule is CC1(C)OCCC1NC=O. The molecule has 1 heterocycles. The van der Waals surface area contributed by atoms with Gasteiger partial charge in [-0.25, -0.2) is 0 Å². The third kappa shape index (κ3) is 1.29. The number of hydrogen-bond donors (Lipinski definition) is 1. The van der Waals surface area contributed by atoms with Gasteiger partial charge in [0.1, 0.15) is 0 Å². The van der Waals surface area contributed by atoms with Gasteiger partial charge in [-0.3, -0.25) is 4.79 Å². The van der Waals surface area contributed by atoms with Gasteiger partial charge in [-0.2, -0.15) is 0 Å². The van der Waals surface area contributed by atoms with Crippen molar-refractivity contribution in [3.8, 4) is 0 Å².